The van der Waals surface area contributed by atoms with Gasteiger partial charge in [-0.05, 0) is 13.1 Å². The summed E-state index contributed by atoms with van der Waals surface area (Å²) in [5, 5.41) is 10.9. The fourth-order valence-corrected chi connectivity index (χ4v) is 1.79. The molecule has 6 heteroatoms. The number of anilines is 1. The van der Waals surface area contributed by atoms with Gasteiger partial charge in [-0.15, -0.1) is 0 Å². The smallest absolute Gasteiger partial charge is 0.311 e. The molecule has 0 bridgehead atoms. The van der Waals surface area contributed by atoms with Crippen LogP contribution in [0, 0.1) is 10.1 Å². The highest BCUT2D eigenvalue weighted by Gasteiger charge is 2.23. The zero-order chi connectivity index (χ0) is 11.5. The standard InChI is InChI=1S/C10H14N4O2/c1-12-5-7-13(8-6-12)10-9(14(15)16)3-2-4-11-10/h2-4H,5-8H2,1H3. The summed E-state index contributed by atoms with van der Waals surface area (Å²) in [6.07, 6.45) is 1.60. The molecular formula is C10H14N4O2. The van der Waals surface area contributed by atoms with Crippen LogP contribution in [-0.4, -0.2) is 48.0 Å². The van der Waals surface area contributed by atoms with Crippen molar-refractivity contribution in [2.45, 2.75) is 0 Å². The van der Waals surface area contributed by atoms with Gasteiger partial charge in [0.25, 0.3) is 0 Å². The second kappa shape index (κ2) is 4.44. The lowest BCUT2D eigenvalue weighted by Gasteiger charge is -2.32. The highest BCUT2D eigenvalue weighted by atomic mass is 16.6. The number of nitrogens with zero attached hydrogens (tertiary/aromatic N) is 4. The van der Waals surface area contributed by atoms with Gasteiger partial charge in [0.2, 0.25) is 5.82 Å². The molecule has 1 aromatic rings. The van der Waals surface area contributed by atoms with E-state index < -0.39 is 0 Å². The first kappa shape index (κ1) is 10.8. The first-order valence-electron chi connectivity index (χ1n) is 5.21. The number of aromatic nitrogens is 1. The van der Waals surface area contributed by atoms with Crippen LogP contribution in [0.5, 0.6) is 0 Å². The van der Waals surface area contributed by atoms with Crippen molar-refractivity contribution in [3.63, 3.8) is 0 Å². The van der Waals surface area contributed by atoms with Gasteiger partial charge in [0.05, 0.1) is 4.92 Å². The number of piperazine rings is 1. The molecule has 86 valence electrons. The molecule has 0 aliphatic carbocycles. The first-order valence-corrected chi connectivity index (χ1v) is 5.21. The molecule has 6 nitrogen and oxygen atoms in total. The Labute approximate surface area is 93.6 Å². The molecule has 1 fully saturated rings. The van der Waals surface area contributed by atoms with Gasteiger partial charge in [-0.3, -0.25) is 10.1 Å². The summed E-state index contributed by atoms with van der Waals surface area (Å²) in [6, 6.07) is 3.10. The summed E-state index contributed by atoms with van der Waals surface area (Å²) in [6.45, 7) is 3.39. The van der Waals surface area contributed by atoms with Crippen LogP contribution in [0.4, 0.5) is 11.5 Å². The summed E-state index contributed by atoms with van der Waals surface area (Å²) in [7, 11) is 2.05. The Bertz CT molecular complexity index is 388. The molecule has 1 saturated heterocycles. The van der Waals surface area contributed by atoms with Crippen molar-refractivity contribution in [2.75, 3.05) is 38.1 Å². The molecule has 2 rings (SSSR count). The fourth-order valence-electron chi connectivity index (χ4n) is 1.79. The molecule has 0 amide bonds. The largest absolute Gasteiger partial charge is 0.348 e. The third-order valence-corrected chi connectivity index (χ3v) is 2.77. The molecule has 2 heterocycles. The summed E-state index contributed by atoms with van der Waals surface area (Å²) >= 11 is 0. The molecule has 0 unspecified atom stereocenters. The van der Waals surface area contributed by atoms with Gasteiger partial charge < -0.3 is 9.80 Å². The van der Waals surface area contributed by atoms with E-state index in [2.05, 4.69) is 9.88 Å². The van der Waals surface area contributed by atoms with E-state index in [4.69, 9.17) is 0 Å². The quantitative estimate of drug-likeness (QED) is 0.545. The molecule has 0 aromatic carbocycles. The third-order valence-electron chi connectivity index (χ3n) is 2.77. The van der Waals surface area contributed by atoms with E-state index in [9.17, 15) is 10.1 Å². The highest BCUT2D eigenvalue weighted by molar-refractivity contribution is 5.57. The number of hydrogen-bond acceptors (Lipinski definition) is 5. The predicted octanol–water partition coefficient (Wildman–Crippen LogP) is 0.742. The Morgan fingerprint density at radius 1 is 1.38 bits per heavy atom. The van der Waals surface area contributed by atoms with Gasteiger partial charge in [-0.2, -0.15) is 0 Å². The van der Waals surface area contributed by atoms with E-state index in [1.807, 2.05) is 11.9 Å². The van der Waals surface area contributed by atoms with Crippen LogP contribution in [0.25, 0.3) is 0 Å². The molecule has 0 atom stereocenters. The van der Waals surface area contributed by atoms with E-state index in [0.29, 0.717) is 5.82 Å². The molecule has 1 aromatic heterocycles. The van der Waals surface area contributed by atoms with Crippen LogP contribution in [-0.2, 0) is 0 Å². The predicted molar refractivity (Wildman–Crippen MR) is 60.6 cm³/mol. The Morgan fingerprint density at radius 2 is 2.06 bits per heavy atom. The van der Waals surface area contributed by atoms with E-state index in [0.717, 1.165) is 26.2 Å². The topological polar surface area (TPSA) is 62.5 Å². The molecule has 0 spiro atoms. The van der Waals surface area contributed by atoms with E-state index in [1.54, 1.807) is 12.3 Å². The summed E-state index contributed by atoms with van der Waals surface area (Å²) in [5.74, 6) is 0.487. The molecule has 0 radical (unpaired) electrons. The lowest BCUT2D eigenvalue weighted by Crippen LogP contribution is -2.45. The van der Waals surface area contributed by atoms with Crippen molar-refractivity contribution >= 4 is 11.5 Å². The Hall–Kier alpha value is -1.69. The van der Waals surface area contributed by atoms with Crippen LogP contribution in [0.3, 0.4) is 0 Å². The molecular weight excluding hydrogens is 208 g/mol. The number of rotatable bonds is 2. The second-order valence-electron chi connectivity index (χ2n) is 3.89. The van der Waals surface area contributed by atoms with E-state index in [-0.39, 0.29) is 10.6 Å². The first-order chi connectivity index (χ1) is 7.68. The van der Waals surface area contributed by atoms with Crippen molar-refractivity contribution < 1.29 is 4.92 Å². The lowest BCUT2D eigenvalue weighted by molar-refractivity contribution is -0.384. The van der Waals surface area contributed by atoms with E-state index >= 15 is 0 Å². The Balaban J connectivity index is 2.23. The highest BCUT2D eigenvalue weighted by Crippen LogP contribution is 2.25. The zero-order valence-electron chi connectivity index (χ0n) is 9.17. The molecule has 0 saturated carbocycles. The van der Waals surface area contributed by atoms with Crippen molar-refractivity contribution in [2.24, 2.45) is 0 Å². The van der Waals surface area contributed by atoms with Crippen molar-refractivity contribution in [3.05, 3.63) is 28.4 Å². The maximum atomic E-state index is 10.9. The average molecular weight is 222 g/mol. The molecule has 16 heavy (non-hydrogen) atoms. The summed E-state index contributed by atoms with van der Waals surface area (Å²) in [4.78, 5) is 18.8. The Morgan fingerprint density at radius 3 is 2.69 bits per heavy atom. The summed E-state index contributed by atoms with van der Waals surface area (Å²) < 4.78 is 0. The SMILES string of the molecule is CN1CCN(c2ncccc2[N+](=O)[O-])CC1. The van der Waals surface area contributed by atoms with Crippen molar-refractivity contribution in [1.82, 2.24) is 9.88 Å². The summed E-state index contributed by atoms with van der Waals surface area (Å²) in [5.41, 5.74) is 0.0899. The van der Waals surface area contributed by atoms with Crippen LogP contribution in [0.2, 0.25) is 0 Å². The minimum Gasteiger partial charge on any atom is -0.348 e. The van der Waals surface area contributed by atoms with Gasteiger partial charge in [-0.1, -0.05) is 0 Å². The van der Waals surface area contributed by atoms with Crippen LogP contribution < -0.4 is 4.90 Å². The number of nitro groups is 1. The third kappa shape index (κ3) is 2.11. The molecule has 1 aliphatic rings. The van der Waals surface area contributed by atoms with Gasteiger partial charge >= 0.3 is 5.69 Å². The van der Waals surface area contributed by atoms with Gasteiger partial charge in [-0.25, -0.2) is 4.98 Å². The van der Waals surface area contributed by atoms with Crippen LogP contribution >= 0.6 is 0 Å². The monoisotopic (exact) mass is 222 g/mol. The maximum Gasteiger partial charge on any atom is 0.311 e. The van der Waals surface area contributed by atoms with Crippen molar-refractivity contribution in [3.8, 4) is 0 Å². The Kier molecular flexibility index (Phi) is 3.00. The minimum absolute atomic E-state index is 0.0899. The van der Waals surface area contributed by atoms with E-state index in [1.165, 1.54) is 6.07 Å². The van der Waals surface area contributed by atoms with Crippen molar-refractivity contribution in [1.29, 1.82) is 0 Å². The number of pyridine rings is 1. The van der Waals surface area contributed by atoms with Gasteiger partial charge in [0.15, 0.2) is 0 Å². The normalized spacial score (nSPS) is 17.4. The fraction of sp³-hybridized carbons (Fsp3) is 0.500. The minimum atomic E-state index is -0.374. The van der Waals surface area contributed by atoms with Gasteiger partial charge in [0.1, 0.15) is 0 Å². The number of likely N-dealkylation sites (N-methyl/N-ethyl adjacent to an activating group) is 1. The molecule has 0 N–H and O–H groups in total. The maximum absolute atomic E-state index is 10.9. The van der Waals surface area contributed by atoms with Crippen LogP contribution in [0.1, 0.15) is 0 Å². The number of hydrogen-bond donors (Lipinski definition) is 0. The lowest BCUT2D eigenvalue weighted by atomic mass is 10.3. The zero-order valence-corrected chi connectivity index (χ0v) is 9.17. The van der Waals surface area contributed by atoms with Gasteiger partial charge in [0, 0.05) is 38.4 Å². The average Bonchev–Trinajstić information content (AvgIpc) is 2.30. The van der Waals surface area contributed by atoms with Crippen LogP contribution in [0.15, 0.2) is 18.3 Å². The second-order valence-corrected chi connectivity index (χ2v) is 3.89. The molecule has 1 aliphatic heterocycles.